The van der Waals surface area contributed by atoms with Gasteiger partial charge in [-0.15, -0.1) is 0 Å². The topological polar surface area (TPSA) is 35.0 Å². The minimum absolute atomic E-state index is 0.0617. The van der Waals surface area contributed by atoms with Crippen LogP contribution in [0, 0.1) is 6.92 Å². The molecule has 31 heavy (non-hydrogen) atoms. The third-order valence-corrected chi connectivity index (χ3v) is 8.74. The molecule has 0 N–H and O–H groups in total. The first-order valence-corrected chi connectivity index (χ1v) is 14.6. The first kappa shape index (κ1) is 22.7. The van der Waals surface area contributed by atoms with Gasteiger partial charge in [0.25, 0.3) is 0 Å². The Kier molecular flexibility index (Phi) is 8.37. The number of aromatic nitrogens is 2. The predicted molar refractivity (Wildman–Crippen MR) is 136 cm³/mol. The molecule has 0 aliphatic heterocycles. The van der Waals surface area contributed by atoms with E-state index in [1.165, 1.54) is 65.8 Å². The summed E-state index contributed by atoms with van der Waals surface area (Å²) < 4.78 is 15.8. The molecule has 1 aromatic carbocycles. The van der Waals surface area contributed by atoms with Gasteiger partial charge in [0.2, 0.25) is 0 Å². The molecule has 0 fully saturated rings. The van der Waals surface area contributed by atoms with Gasteiger partial charge in [-0.25, -0.2) is 0 Å². The Morgan fingerprint density at radius 2 is 1.39 bits per heavy atom. The monoisotopic (exact) mass is 518 g/mol. The minimum atomic E-state index is -0.0617. The first-order chi connectivity index (χ1) is 15.3. The number of fused-ring (bicyclic) bond motifs is 1. The molecule has 0 saturated carbocycles. The van der Waals surface area contributed by atoms with Gasteiger partial charge in [-0.05, 0) is 0 Å². The number of rotatable bonds is 12. The number of benzene rings is 1. The van der Waals surface area contributed by atoms with Gasteiger partial charge in [0.1, 0.15) is 0 Å². The van der Waals surface area contributed by atoms with E-state index in [2.05, 4.69) is 48.9 Å². The number of thiophene rings is 2. The van der Waals surface area contributed by atoms with Gasteiger partial charge >= 0.3 is 174 Å². The molecule has 3 aromatic heterocycles. The molecule has 0 spiro atoms. The number of unbranched alkanes of at least 4 members (excludes halogenated alkanes) is 7. The second kappa shape index (κ2) is 11.4. The van der Waals surface area contributed by atoms with Gasteiger partial charge in [-0.2, -0.15) is 0 Å². The van der Waals surface area contributed by atoms with Crippen LogP contribution in [-0.4, -0.2) is 29.5 Å². The van der Waals surface area contributed by atoms with Crippen LogP contribution >= 0.6 is 22.7 Å². The summed E-state index contributed by atoms with van der Waals surface area (Å²) in [5, 5.41) is 4.28. The normalized spacial score (nSPS) is 11.4. The van der Waals surface area contributed by atoms with Crippen LogP contribution in [0.4, 0.5) is 0 Å². The van der Waals surface area contributed by atoms with Crippen molar-refractivity contribution in [3.05, 3.63) is 40.6 Å². The zero-order chi connectivity index (χ0) is 21.5. The molecule has 0 saturated heterocycles. The number of ether oxygens (including phenoxy) is 1. The molecule has 4 aromatic rings. The standard InChI is InChI=1S/C25H30N2OS2Se/c1-3-4-5-6-7-8-9-10-15-28-21-14-17-30-25(21)20-12-11-19(22-23(20)27-31-26-22)24-18(2)13-16-29-24/h11-14,16-17H,3-10,15H2,1-2H3. The van der Waals surface area contributed by atoms with E-state index in [4.69, 9.17) is 12.7 Å². The fourth-order valence-electron chi connectivity index (χ4n) is 3.91. The zero-order valence-corrected chi connectivity index (χ0v) is 21.7. The third kappa shape index (κ3) is 5.48. The van der Waals surface area contributed by atoms with Crippen molar-refractivity contribution in [3.63, 3.8) is 0 Å². The second-order valence-corrected chi connectivity index (χ2v) is 10.9. The van der Waals surface area contributed by atoms with Crippen LogP contribution in [0.3, 0.4) is 0 Å². The Morgan fingerprint density at radius 3 is 2.06 bits per heavy atom. The van der Waals surface area contributed by atoms with Gasteiger partial charge < -0.3 is 0 Å². The number of hydrogen-bond donors (Lipinski definition) is 0. The molecule has 6 heteroatoms. The number of nitrogens with zero attached hydrogens (tertiary/aromatic N) is 2. The molecule has 0 unspecified atom stereocenters. The average molecular weight is 518 g/mol. The summed E-state index contributed by atoms with van der Waals surface area (Å²) in [6.45, 7) is 5.23. The van der Waals surface area contributed by atoms with Crippen molar-refractivity contribution in [2.24, 2.45) is 0 Å². The van der Waals surface area contributed by atoms with E-state index in [1.54, 1.807) is 22.7 Å². The van der Waals surface area contributed by atoms with E-state index < -0.39 is 0 Å². The van der Waals surface area contributed by atoms with Gasteiger partial charge in [0.05, 0.1) is 0 Å². The number of aryl methyl sites for hydroxylation is 1. The average Bonchev–Trinajstić information content (AvgIpc) is 3.53. The van der Waals surface area contributed by atoms with Crippen LogP contribution in [0.2, 0.25) is 0 Å². The van der Waals surface area contributed by atoms with E-state index in [0.29, 0.717) is 0 Å². The first-order valence-electron chi connectivity index (χ1n) is 11.3. The van der Waals surface area contributed by atoms with E-state index in [0.717, 1.165) is 35.4 Å². The van der Waals surface area contributed by atoms with Crippen LogP contribution in [-0.2, 0) is 0 Å². The van der Waals surface area contributed by atoms with Crippen molar-refractivity contribution in [2.45, 2.75) is 65.2 Å². The molecule has 0 radical (unpaired) electrons. The summed E-state index contributed by atoms with van der Waals surface area (Å²) in [6, 6.07) is 8.71. The van der Waals surface area contributed by atoms with Gasteiger partial charge in [-0.3, -0.25) is 0 Å². The van der Waals surface area contributed by atoms with Crippen LogP contribution in [0.25, 0.3) is 31.9 Å². The Balaban J connectivity index is 1.41. The Hall–Kier alpha value is -1.46. The molecule has 0 bridgehead atoms. The maximum absolute atomic E-state index is 6.20. The van der Waals surface area contributed by atoms with Crippen molar-refractivity contribution in [3.8, 4) is 26.6 Å². The van der Waals surface area contributed by atoms with E-state index in [9.17, 15) is 0 Å². The van der Waals surface area contributed by atoms with Gasteiger partial charge in [0.15, 0.2) is 0 Å². The fourth-order valence-corrected chi connectivity index (χ4v) is 6.93. The molecule has 0 amide bonds. The molecular formula is C25H30N2OS2Se. The summed E-state index contributed by atoms with van der Waals surface area (Å²) in [7, 11) is 0. The van der Waals surface area contributed by atoms with Crippen LogP contribution in [0.15, 0.2) is 35.0 Å². The summed E-state index contributed by atoms with van der Waals surface area (Å²) >= 11 is 3.46. The quantitative estimate of drug-likeness (QED) is 0.141. The Morgan fingerprint density at radius 1 is 0.774 bits per heavy atom. The van der Waals surface area contributed by atoms with Crippen LogP contribution < -0.4 is 4.74 Å². The van der Waals surface area contributed by atoms with Gasteiger partial charge in [-0.1, -0.05) is 26.2 Å². The van der Waals surface area contributed by atoms with Gasteiger partial charge in [0, 0.05) is 0 Å². The molecular weight excluding hydrogens is 487 g/mol. The predicted octanol–water partition coefficient (Wildman–Crippen LogP) is 7.97. The molecule has 4 rings (SSSR count). The van der Waals surface area contributed by atoms with Crippen molar-refractivity contribution in [1.82, 2.24) is 7.96 Å². The second-order valence-electron chi connectivity index (χ2n) is 7.99. The van der Waals surface area contributed by atoms with Crippen molar-refractivity contribution in [2.75, 3.05) is 6.61 Å². The summed E-state index contributed by atoms with van der Waals surface area (Å²) in [4.78, 5) is 2.48. The zero-order valence-electron chi connectivity index (χ0n) is 18.4. The molecule has 0 aliphatic carbocycles. The maximum atomic E-state index is 6.20. The molecule has 3 heterocycles. The SMILES string of the molecule is CCCCCCCCCCOc1ccsc1-c1ccc(-c2sccc2C)c2n[se]nc12. The summed E-state index contributed by atoms with van der Waals surface area (Å²) in [5.74, 6) is 0.991. The van der Waals surface area contributed by atoms with Crippen molar-refractivity contribution >= 4 is 48.7 Å². The molecule has 0 atom stereocenters. The van der Waals surface area contributed by atoms with E-state index >= 15 is 0 Å². The molecule has 3 nitrogen and oxygen atoms in total. The van der Waals surface area contributed by atoms with Crippen LogP contribution in [0.5, 0.6) is 5.75 Å². The van der Waals surface area contributed by atoms with Crippen LogP contribution in [0.1, 0.15) is 63.9 Å². The van der Waals surface area contributed by atoms with Crippen molar-refractivity contribution < 1.29 is 4.74 Å². The molecule has 164 valence electrons. The Bertz CT molecular complexity index is 1100. The molecule has 0 aliphatic rings. The third-order valence-electron chi connectivity index (χ3n) is 5.65. The summed E-state index contributed by atoms with van der Waals surface area (Å²) in [6.07, 6.45) is 10.5. The van der Waals surface area contributed by atoms with E-state index in [1.807, 2.05) is 0 Å². The number of hydrogen-bond acceptors (Lipinski definition) is 5. The Labute approximate surface area is 199 Å². The fraction of sp³-hybridized carbons (Fsp3) is 0.440. The van der Waals surface area contributed by atoms with Crippen molar-refractivity contribution in [1.29, 1.82) is 0 Å². The summed E-state index contributed by atoms with van der Waals surface area (Å²) in [5.41, 5.74) is 5.79. The van der Waals surface area contributed by atoms with E-state index in [-0.39, 0.29) is 15.0 Å².